The third-order valence-corrected chi connectivity index (χ3v) is 2.87. The molecule has 0 spiro atoms. The van der Waals surface area contributed by atoms with Gasteiger partial charge in [-0.25, -0.2) is 0 Å². The Balaban J connectivity index is 2.39. The average Bonchev–Trinajstić information content (AvgIpc) is 2.15. The Bertz CT molecular complexity index is 145. The van der Waals surface area contributed by atoms with Gasteiger partial charge in [0.2, 0.25) is 0 Å². The lowest BCUT2D eigenvalue weighted by Gasteiger charge is -2.25. The summed E-state index contributed by atoms with van der Waals surface area (Å²) in [6.45, 7) is 3.68. The van der Waals surface area contributed by atoms with Crippen molar-refractivity contribution in [3.05, 3.63) is 12.7 Å². The quantitative estimate of drug-likeness (QED) is 0.463. The number of carbonyl (C=O) groups excluding carboxylic acids is 1. The van der Waals surface area contributed by atoms with Gasteiger partial charge in [-0.2, -0.15) is 0 Å². The van der Waals surface area contributed by atoms with Gasteiger partial charge >= 0.3 is 0 Å². The summed E-state index contributed by atoms with van der Waals surface area (Å²) in [5.41, 5.74) is 0. The maximum absolute atomic E-state index is 10.7. The Hall–Kier alpha value is -0.590. The van der Waals surface area contributed by atoms with Gasteiger partial charge < -0.3 is 4.79 Å². The van der Waals surface area contributed by atoms with Crippen LogP contribution in [0, 0.1) is 11.8 Å². The highest BCUT2D eigenvalue weighted by atomic mass is 16.1. The van der Waals surface area contributed by atoms with Crippen molar-refractivity contribution in [2.24, 2.45) is 11.8 Å². The van der Waals surface area contributed by atoms with E-state index in [0.717, 1.165) is 12.7 Å². The molecule has 0 aliphatic heterocycles. The van der Waals surface area contributed by atoms with Crippen molar-refractivity contribution in [3.8, 4) is 0 Å². The SMILES string of the molecule is C=CC[C@H](C=O)C1CCCCC1. The zero-order valence-corrected chi connectivity index (χ0v) is 7.67. The number of aldehydes is 1. The third kappa shape index (κ3) is 2.47. The van der Waals surface area contributed by atoms with Crippen LogP contribution < -0.4 is 0 Å². The standard InChI is InChI=1S/C11H18O/c1-2-6-11(9-12)10-7-4-3-5-8-10/h2,9-11H,1,3-8H2/t11-/m1/s1. The molecule has 1 rings (SSSR count). The van der Waals surface area contributed by atoms with E-state index in [1.165, 1.54) is 32.1 Å². The molecule has 1 aliphatic carbocycles. The second-order valence-corrected chi connectivity index (χ2v) is 3.72. The van der Waals surface area contributed by atoms with Crippen molar-refractivity contribution in [1.82, 2.24) is 0 Å². The van der Waals surface area contributed by atoms with Crippen LogP contribution in [-0.2, 0) is 4.79 Å². The highest BCUT2D eigenvalue weighted by Gasteiger charge is 2.21. The van der Waals surface area contributed by atoms with E-state index in [1.807, 2.05) is 6.08 Å². The molecular weight excluding hydrogens is 148 g/mol. The smallest absolute Gasteiger partial charge is 0.123 e. The first-order valence-electron chi connectivity index (χ1n) is 4.94. The molecule has 0 bridgehead atoms. The van der Waals surface area contributed by atoms with Gasteiger partial charge in [0.25, 0.3) is 0 Å². The lowest BCUT2D eigenvalue weighted by molar-refractivity contribution is -0.112. The molecule has 0 aromatic heterocycles. The number of hydrogen-bond donors (Lipinski definition) is 0. The predicted octanol–water partition coefficient (Wildman–Crippen LogP) is 2.96. The van der Waals surface area contributed by atoms with Crippen molar-refractivity contribution in [2.75, 3.05) is 0 Å². The van der Waals surface area contributed by atoms with E-state index in [2.05, 4.69) is 6.58 Å². The second-order valence-electron chi connectivity index (χ2n) is 3.72. The maximum Gasteiger partial charge on any atom is 0.123 e. The van der Waals surface area contributed by atoms with Crippen LogP contribution in [0.15, 0.2) is 12.7 Å². The molecule has 68 valence electrons. The Kier molecular flexibility index (Phi) is 4.06. The first-order chi connectivity index (χ1) is 5.88. The van der Waals surface area contributed by atoms with Gasteiger partial charge in [-0.05, 0) is 25.2 Å². The molecule has 0 N–H and O–H groups in total. The fourth-order valence-electron chi connectivity index (χ4n) is 2.11. The second kappa shape index (κ2) is 5.13. The molecule has 0 unspecified atom stereocenters. The molecule has 0 aromatic carbocycles. The Morgan fingerprint density at radius 2 is 2.00 bits per heavy atom. The summed E-state index contributed by atoms with van der Waals surface area (Å²) in [7, 11) is 0. The van der Waals surface area contributed by atoms with E-state index in [9.17, 15) is 4.79 Å². The topological polar surface area (TPSA) is 17.1 Å². The van der Waals surface area contributed by atoms with Crippen molar-refractivity contribution >= 4 is 6.29 Å². The van der Waals surface area contributed by atoms with E-state index >= 15 is 0 Å². The van der Waals surface area contributed by atoms with Crippen molar-refractivity contribution < 1.29 is 4.79 Å². The van der Waals surface area contributed by atoms with Gasteiger partial charge in [-0.1, -0.05) is 25.3 Å². The van der Waals surface area contributed by atoms with Crippen LogP contribution in [0.2, 0.25) is 0 Å². The average molecular weight is 166 g/mol. The predicted molar refractivity (Wildman–Crippen MR) is 50.9 cm³/mol. The summed E-state index contributed by atoms with van der Waals surface area (Å²) >= 11 is 0. The molecule has 1 nitrogen and oxygen atoms in total. The van der Waals surface area contributed by atoms with Gasteiger partial charge in [-0.3, -0.25) is 0 Å². The first kappa shape index (κ1) is 9.50. The largest absolute Gasteiger partial charge is 0.303 e. The lowest BCUT2D eigenvalue weighted by atomic mass is 9.79. The van der Waals surface area contributed by atoms with Crippen molar-refractivity contribution in [1.29, 1.82) is 0 Å². The maximum atomic E-state index is 10.7. The molecule has 1 heteroatoms. The summed E-state index contributed by atoms with van der Waals surface area (Å²) < 4.78 is 0. The molecule has 1 atom stereocenters. The number of carbonyl (C=O) groups is 1. The monoisotopic (exact) mass is 166 g/mol. The summed E-state index contributed by atoms with van der Waals surface area (Å²) in [5.74, 6) is 0.900. The Morgan fingerprint density at radius 1 is 1.33 bits per heavy atom. The van der Waals surface area contributed by atoms with Gasteiger partial charge in [0, 0.05) is 5.92 Å². The highest BCUT2D eigenvalue weighted by Crippen LogP contribution is 2.30. The minimum atomic E-state index is 0.253. The Morgan fingerprint density at radius 3 is 2.50 bits per heavy atom. The molecule has 0 amide bonds. The van der Waals surface area contributed by atoms with E-state index in [0.29, 0.717) is 5.92 Å². The Labute approximate surface area is 74.9 Å². The molecule has 1 fully saturated rings. The zero-order chi connectivity index (χ0) is 8.81. The van der Waals surface area contributed by atoms with E-state index < -0.39 is 0 Å². The van der Waals surface area contributed by atoms with Crippen LogP contribution in [0.4, 0.5) is 0 Å². The molecule has 0 saturated heterocycles. The summed E-state index contributed by atoms with van der Waals surface area (Å²) in [4.78, 5) is 10.7. The highest BCUT2D eigenvalue weighted by molar-refractivity contribution is 5.54. The number of allylic oxidation sites excluding steroid dienone is 1. The molecule has 0 aromatic rings. The van der Waals surface area contributed by atoms with Crippen LogP contribution >= 0.6 is 0 Å². The summed E-state index contributed by atoms with van der Waals surface area (Å²) in [6, 6.07) is 0. The summed E-state index contributed by atoms with van der Waals surface area (Å²) in [5, 5.41) is 0. The van der Waals surface area contributed by atoms with E-state index in [4.69, 9.17) is 0 Å². The minimum Gasteiger partial charge on any atom is -0.303 e. The fourth-order valence-corrected chi connectivity index (χ4v) is 2.11. The summed E-state index contributed by atoms with van der Waals surface area (Å²) in [6.07, 6.45) is 10.3. The van der Waals surface area contributed by atoms with Gasteiger partial charge in [0.05, 0.1) is 0 Å². The molecule has 0 heterocycles. The lowest BCUT2D eigenvalue weighted by Crippen LogP contribution is -2.18. The molecule has 1 saturated carbocycles. The van der Waals surface area contributed by atoms with Crippen LogP contribution in [0.5, 0.6) is 0 Å². The molecule has 0 radical (unpaired) electrons. The van der Waals surface area contributed by atoms with Crippen LogP contribution in [0.1, 0.15) is 38.5 Å². The molecule has 12 heavy (non-hydrogen) atoms. The van der Waals surface area contributed by atoms with E-state index in [1.54, 1.807) is 0 Å². The van der Waals surface area contributed by atoms with E-state index in [-0.39, 0.29) is 5.92 Å². The number of hydrogen-bond acceptors (Lipinski definition) is 1. The minimum absolute atomic E-state index is 0.253. The van der Waals surface area contributed by atoms with Crippen LogP contribution in [0.3, 0.4) is 0 Å². The zero-order valence-electron chi connectivity index (χ0n) is 7.67. The normalized spacial score (nSPS) is 21.7. The molecular formula is C11H18O. The third-order valence-electron chi connectivity index (χ3n) is 2.87. The van der Waals surface area contributed by atoms with Crippen molar-refractivity contribution in [3.63, 3.8) is 0 Å². The van der Waals surface area contributed by atoms with Gasteiger partial charge in [-0.15, -0.1) is 6.58 Å². The van der Waals surface area contributed by atoms with Crippen molar-refractivity contribution in [2.45, 2.75) is 38.5 Å². The van der Waals surface area contributed by atoms with Gasteiger partial charge in [0.1, 0.15) is 6.29 Å². The molecule has 1 aliphatic rings. The first-order valence-corrected chi connectivity index (χ1v) is 4.94. The van der Waals surface area contributed by atoms with Crippen LogP contribution in [-0.4, -0.2) is 6.29 Å². The van der Waals surface area contributed by atoms with Gasteiger partial charge in [0.15, 0.2) is 0 Å². The fraction of sp³-hybridized carbons (Fsp3) is 0.727. The van der Waals surface area contributed by atoms with Crippen LogP contribution in [0.25, 0.3) is 0 Å². The number of rotatable bonds is 4.